The van der Waals surface area contributed by atoms with E-state index in [0.29, 0.717) is 29.3 Å². The molecule has 0 unspecified atom stereocenters. The van der Waals surface area contributed by atoms with Gasteiger partial charge in [0.1, 0.15) is 17.3 Å². The van der Waals surface area contributed by atoms with Crippen molar-refractivity contribution in [3.8, 4) is 5.75 Å². The van der Waals surface area contributed by atoms with Gasteiger partial charge in [-0.1, -0.05) is 42.5 Å². The summed E-state index contributed by atoms with van der Waals surface area (Å²) in [6, 6.07) is 21.5. The van der Waals surface area contributed by atoms with Crippen molar-refractivity contribution in [2.45, 2.75) is 6.92 Å². The van der Waals surface area contributed by atoms with Gasteiger partial charge in [0, 0.05) is 5.69 Å². The Morgan fingerprint density at radius 1 is 0.867 bits per heavy atom. The number of hydrogen-bond acceptors (Lipinski definition) is 4. The van der Waals surface area contributed by atoms with Crippen molar-refractivity contribution in [3.05, 3.63) is 95.9 Å². The summed E-state index contributed by atoms with van der Waals surface area (Å²) in [5, 5.41) is 3.01. The van der Waals surface area contributed by atoms with Crippen molar-refractivity contribution in [2.75, 3.05) is 16.8 Å². The molecule has 0 radical (unpaired) electrons. The number of halogens is 1. The van der Waals surface area contributed by atoms with E-state index in [4.69, 9.17) is 4.74 Å². The summed E-state index contributed by atoms with van der Waals surface area (Å²) in [5.74, 6) is -0.908. The van der Waals surface area contributed by atoms with E-state index < -0.39 is 11.8 Å². The fourth-order valence-corrected chi connectivity index (χ4v) is 3.33. The highest BCUT2D eigenvalue weighted by atomic mass is 19.1. The van der Waals surface area contributed by atoms with Crippen LogP contribution < -0.4 is 15.0 Å². The SMILES string of the molecule is CCOc1ccccc1N1C(=O)C(Nc2ccc(F)cc2)=C(c2ccccc2)C1=O. The Morgan fingerprint density at radius 3 is 2.23 bits per heavy atom. The molecule has 1 N–H and O–H groups in total. The zero-order valence-electron chi connectivity index (χ0n) is 16.3. The largest absolute Gasteiger partial charge is 0.492 e. The smallest absolute Gasteiger partial charge is 0.282 e. The molecule has 2 amide bonds. The predicted octanol–water partition coefficient (Wildman–Crippen LogP) is 4.62. The van der Waals surface area contributed by atoms with Gasteiger partial charge in [0.05, 0.1) is 17.9 Å². The standard InChI is InChI=1S/C24H19FN2O3/c1-2-30-20-11-7-6-10-19(20)27-23(28)21(16-8-4-3-5-9-16)22(24(27)29)26-18-14-12-17(25)13-15-18/h3-15,26H,2H2,1H3. The first-order valence-electron chi connectivity index (χ1n) is 9.53. The van der Waals surface area contributed by atoms with Crippen molar-refractivity contribution < 1.29 is 18.7 Å². The molecular formula is C24H19FN2O3. The average Bonchev–Trinajstić information content (AvgIpc) is 3.00. The van der Waals surface area contributed by atoms with Gasteiger partial charge in [-0.05, 0) is 48.9 Å². The maximum atomic E-state index is 13.4. The first-order valence-corrected chi connectivity index (χ1v) is 9.53. The van der Waals surface area contributed by atoms with Crippen molar-refractivity contribution in [1.29, 1.82) is 0 Å². The molecule has 0 bridgehead atoms. The Bertz CT molecular complexity index is 1120. The van der Waals surface area contributed by atoms with E-state index >= 15 is 0 Å². The Labute approximate surface area is 173 Å². The van der Waals surface area contributed by atoms with Crippen LogP contribution in [-0.4, -0.2) is 18.4 Å². The van der Waals surface area contributed by atoms with E-state index in [0.717, 1.165) is 4.90 Å². The van der Waals surface area contributed by atoms with Crippen molar-refractivity contribution in [1.82, 2.24) is 0 Å². The van der Waals surface area contributed by atoms with Crippen LogP contribution in [0.4, 0.5) is 15.8 Å². The summed E-state index contributed by atoms with van der Waals surface area (Å²) in [6.45, 7) is 2.23. The molecule has 6 heteroatoms. The van der Waals surface area contributed by atoms with Crippen LogP contribution >= 0.6 is 0 Å². The van der Waals surface area contributed by atoms with Crippen LogP contribution in [0.5, 0.6) is 5.75 Å². The number of nitrogens with zero attached hydrogens (tertiary/aromatic N) is 1. The van der Waals surface area contributed by atoms with E-state index in [1.165, 1.54) is 24.3 Å². The minimum absolute atomic E-state index is 0.129. The molecule has 30 heavy (non-hydrogen) atoms. The van der Waals surface area contributed by atoms with Gasteiger partial charge in [0.15, 0.2) is 0 Å². The molecular weight excluding hydrogens is 383 g/mol. The third-order valence-corrected chi connectivity index (χ3v) is 4.67. The van der Waals surface area contributed by atoms with Gasteiger partial charge in [0.25, 0.3) is 11.8 Å². The molecule has 150 valence electrons. The summed E-state index contributed by atoms with van der Waals surface area (Å²) in [4.78, 5) is 27.9. The number of para-hydroxylation sites is 2. The topological polar surface area (TPSA) is 58.6 Å². The Hall–Kier alpha value is -3.93. The molecule has 1 aliphatic rings. The van der Waals surface area contributed by atoms with Crippen LogP contribution in [0.3, 0.4) is 0 Å². The molecule has 0 fully saturated rings. The maximum Gasteiger partial charge on any atom is 0.282 e. The zero-order chi connectivity index (χ0) is 21.1. The third kappa shape index (κ3) is 3.55. The van der Waals surface area contributed by atoms with Gasteiger partial charge in [0.2, 0.25) is 0 Å². The first-order chi connectivity index (χ1) is 14.6. The quantitative estimate of drug-likeness (QED) is 0.611. The molecule has 0 saturated heterocycles. The molecule has 1 aliphatic heterocycles. The van der Waals surface area contributed by atoms with Crippen LogP contribution in [0.1, 0.15) is 12.5 Å². The lowest BCUT2D eigenvalue weighted by atomic mass is 10.0. The number of anilines is 2. The lowest BCUT2D eigenvalue weighted by molar-refractivity contribution is -0.120. The fraction of sp³-hybridized carbons (Fsp3) is 0.0833. The predicted molar refractivity (Wildman–Crippen MR) is 113 cm³/mol. The molecule has 0 atom stereocenters. The van der Waals surface area contributed by atoms with Gasteiger partial charge in [-0.15, -0.1) is 0 Å². The molecule has 5 nitrogen and oxygen atoms in total. The second kappa shape index (κ2) is 8.21. The number of nitrogens with one attached hydrogen (secondary N) is 1. The maximum absolute atomic E-state index is 13.4. The molecule has 0 spiro atoms. The second-order valence-electron chi connectivity index (χ2n) is 6.59. The Morgan fingerprint density at radius 2 is 1.53 bits per heavy atom. The number of benzene rings is 3. The van der Waals surface area contributed by atoms with Crippen LogP contribution in [0, 0.1) is 5.82 Å². The Balaban J connectivity index is 1.81. The molecule has 3 aromatic rings. The normalized spacial score (nSPS) is 13.7. The van der Waals surface area contributed by atoms with Crippen molar-refractivity contribution >= 4 is 28.8 Å². The number of carbonyl (C=O) groups excluding carboxylic acids is 2. The van der Waals surface area contributed by atoms with Gasteiger partial charge in [-0.3, -0.25) is 9.59 Å². The average molecular weight is 402 g/mol. The summed E-state index contributed by atoms with van der Waals surface area (Å²) < 4.78 is 18.9. The van der Waals surface area contributed by atoms with Crippen LogP contribution in [0.25, 0.3) is 5.57 Å². The minimum atomic E-state index is -0.504. The van der Waals surface area contributed by atoms with E-state index in [2.05, 4.69) is 5.32 Å². The van der Waals surface area contributed by atoms with Crippen LogP contribution in [0.2, 0.25) is 0 Å². The van der Waals surface area contributed by atoms with Gasteiger partial charge in [-0.25, -0.2) is 9.29 Å². The highest BCUT2D eigenvalue weighted by Crippen LogP contribution is 2.37. The van der Waals surface area contributed by atoms with Crippen molar-refractivity contribution in [2.24, 2.45) is 0 Å². The monoisotopic (exact) mass is 402 g/mol. The number of carbonyl (C=O) groups is 2. The van der Waals surface area contributed by atoms with Gasteiger partial charge < -0.3 is 10.1 Å². The number of rotatable bonds is 6. The van der Waals surface area contributed by atoms with E-state index in [1.807, 2.05) is 13.0 Å². The lowest BCUT2D eigenvalue weighted by Crippen LogP contribution is -2.32. The van der Waals surface area contributed by atoms with E-state index in [-0.39, 0.29) is 17.1 Å². The number of imide groups is 1. The summed E-state index contributed by atoms with van der Waals surface area (Å²) in [5.41, 5.74) is 1.86. The highest BCUT2D eigenvalue weighted by molar-refractivity contribution is 6.46. The molecule has 0 aromatic heterocycles. The van der Waals surface area contributed by atoms with Crippen LogP contribution in [0.15, 0.2) is 84.6 Å². The number of hydrogen-bond donors (Lipinski definition) is 1. The zero-order valence-corrected chi connectivity index (χ0v) is 16.3. The number of ether oxygens (including phenoxy) is 1. The van der Waals surface area contributed by atoms with Gasteiger partial charge in [-0.2, -0.15) is 0 Å². The van der Waals surface area contributed by atoms with Crippen molar-refractivity contribution in [3.63, 3.8) is 0 Å². The second-order valence-corrected chi connectivity index (χ2v) is 6.59. The minimum Gasteiger partial charge on any atom is -0.492 e. The summed E-state index contributed by atoms with van der Waals surface area (Å²) in [7, 11) is 0. The molecule has 4 rings (SSSR count). The summed E-state index contributed by atoms with van der Waals surface area (Å²) >= 11 is 0. The van der Waals surface area contributed by atoms with Gasteiger partial charge >= 0.3 is 0 Å². The molecule has 0 aliphatic carbocycles. The number of amides is 2. The summed E-state index contributed by atoms with van der Waals surface area (Å²) in [6.07, 6.45) is 0. The van der Waals surface area contributed by atoms with E-state index in [9.17, 15) is 14.0 Å². The third-order valence-electron chi connectivity index (χ3n) is 4.67. The fourth-order valence-electron chi connectivity index (χ4n) is 3.33. The molecule has 3 aromatic carbocycles. The van der Waals surface area contributed by atoms with Crippen LogP contribution in [-0.2, 0) is 9.59 Å². The highest BCUT2D eigenvalue weighted by Gasteiger charge is 2.41. The first kappa shape index (κ1) is 19.4. The lowest BCUT2D eigenvalue weighted by Gasteiger charge is -2.19. The molecule has 0 saturated carbocycles. The van der Waals surface area contributed by atoms with E-state index in [1.54, 1.807) is 48.5 Å². The molecule has 1 heterocycles. The Kier molecular flexibility index (Phi) is 5.30.